The van der Waals surface area contributed by atoms with Crippen LogP contribution in [0.2, 0.25) is 0 Å². The number of ketones is 1. The summed E-state index contributed by atoms with van der Waals surface area (Å²) in [5.74, 6) is 0.749. The average molecular weight is 330 g/mol. The van der Waals surface area contributed by atoms with Crippen molar-refractivity contribution in [2.45, 2.75) is 38.0 Å². The lowest BCUT2D eigenvalue weighted by Crippen LogP contribution is -2.10. The van der Waals surface area contributed by atoms with Crippen LogP contribution in [0.1, 0.15) is 53.9 Å². The fraction of sp³-hybridized carbons (Fsp3) is 0.474. The van der Waals surface area contributed by atoms with E-state index in [4.69, 9.17) is 9.47 Å². The Hall–Kier alpha value is -2.30. The van der Waals surface area contributed by atoms with E-state index in [1.807, 2.05) is 6.07 Å². The molecule has 0 spiro atoms. The maximum atomic E-state index is 12.4. The van der Waals surface area contributed by atoms with Gasteiger partial charge in [-0.1, -0.05) is 12.2 Å². The number of methoxy groups -OCH3 is 1. The van der Waals surface area contributed by atoms with E-state index in [1.165, 1.54) is 13.2 Å². The fourth-order valence-electron chi connectivity index (χ4n) is 3.34. The molecule has 2 atom stereocenters. The van der Waals surface area contributed by atoms with Crippen molar-refractivity contribution >= 4 is 11.8 Å². The van der Waals surface area contributed by atoms with E-state index >= 15 is 0 Å². The number of Topliss-reactive ketones (excluding diaryl/α,β-unsaturated/α-hetero) is 1. The minimum Gasteiger partial charge on any atom is -0.507 e. The van der Waals surface area contributed by atoms with Crippen LogP contribution in [-0.2, 0) is 9.53 Å². The maximum Gasteiger partial charge on any atom is 0.342 e. The van der Waals surface area contributed by atoms with Crippen LogP contribution in [0, 0.1) is 5.92 Å². The molecule has 2 aliphatic rings. The van der Waals surface area contributed by atoms with E-state index in [9.17, 15) is 14.7 Å². The molecule has 5 heteroatoms. The van der Waals surface area contributed by atoms with Crippen molar-refractivity contribution in [3.05, 3.63) is 35.4 Å². The van der Waals surface area contributed by atoms with Gasteiger partial charge in [0.05, 0.1) is 7.11 Å². The smallest absolute Gasteiger partial charge is 0.342 e. The van der Waals surface area contributed by atoms with Crippen LogP contribution < -0.4 is 4.74 Å². The Morgan fingerprint density at radius 1 is 1.25 bits per heavy atom. The van der Waals surface area contributed by atoms with E-state index in [0.29, 0.717) is 24.5 Å². The molecule has 1 fully saturated rings. The number of cyclic esters (lactones) is 1. The van der Waals surface area contributed by atoms with E-state index in [2.05, 4.69) is 0 Å². The maximum absolute atomic E-state index is 12.4. The summed E-state index contributed by atoms with van der Waals surface area (Å²) in [6, 6.07) is 3.25. The zero-order valence-corrected chi connectivity index (χ0v) is 13.8. The highest BCUT2D eigenvalue weighted by Gasteiger charge is 2.41. The summed E-state index contributed by atoms with van der Waals surface area (Å²) in [6.45, 7) is 0.0884. The van der Waals surface area contributed by atoms with Gasteiger partial charge in [-0.25, -0.2) is 4.79 Å². The van der Waals surface area contributed by atoms with Crippen LogP contribution in [-0.4, -0.2) is 30.6 Å². The van der Waals surface area contributed by atoms with Gasteiger partial charge in [0.2, 0.25) is 0 Å². The van der Waals surface area contributed by atoms with Crippen molar-refractivity contribution in [2.24, 2.45) is 5.92 Å². The largest absolute Gasteiger partial charge is 0.507 e. The molecule has 0 radical (unpaired) electrons. The Morgan fingerprint density at radius 3 is 2.88 bits per heavy atom. The number of hydrogen-bond acceptors (Lipinski definition) is 5. The number of esters is 1. The molecular formula is C19H22O5. The monoisotopic (exact) mass is 330 g/mol. The summed E-state index contributed by atoms with van der Waals surface area (Å²) >= 11 is 0. The van der Waals surface area contributed by atoms with Crippen molar-refractivity contribution in [1.29, 1.82) is 0 Å². The minimum absolute atomic E-state index is 0.0884. The molecule has 2 unspecified atom stereocenters. The molecule has 128 valence electrons. The minimum atomic E-state index is -0.538. The molecule has 1 heterocycles. The van der Waals surface area contributed by atoms with Gasteiger partial charge in [-0.05, 0) is 42.7 Å². The predicted octanol–water partition coefficient (Wildman–Crippen LogP) is 3.36. The zero-order valence-electron chi connectivity index (χ0n) is 13.8. The predicted molar refractivity (Wildman–Crippen MR) is 88.4 cm³/mol. The van der Waals surface area contributed by atoms with Crippen molar-refractivity contribution < 1.29 is 24.2 Å². The van der Waals surface area contributed by atoms with Crippen LogP contribution >= 0.6 is 0 Å². The number of hydrogen-bond donors (Lipinski definition) is 1. The topological polar surface area (TPSA) is 72.8 Å². The van der Waals surface area contributed by atoms with Gasteiger partial charge in [0.15, 0.2) is 0 Å². The Balaban J connectivity index is 1.91. The second-order valence-electron chi connectivity index (χ2n) is 6.42. The molecule has 1 aromatic carbocycles. The summed E-state index contributed by atoms with van der Waals surface area (Å²) in [4.78, 5) is 24.2. The summed E-state index contributed by atoms with van der Waals surface area (Å²) < 4.78 is 10.5. The molecule has 1 saturated carbocycles. The Morgan fingerprint density at radius 2 is 2.08 bits per heavy atom. The number of aromatic hydroxyl groups is 1. The number of ether oxygens (including phenoxy) is 2. The molecule has 24 heavy (non-hydrogen) atoms. The fourth-order valence-corrected chi connectivity index (χ4v) is 3.34. The SMILES string of the molecule is COc1cc(O)c2c(c1)C1CC1CCCC(=O)CC=CCOC2=O. The number of rotatable bonds is 1. The molecule has 3 rings (SSSR count). The highest BCUT2D eigenvalue weighted by molar-refractivity contribution is 5.95. The Labute approximate surface area is 141 Å². The van der Waals surface area contributed by atoms with E-state index in [-0.39, 0.29) is 29.6 Å². The normalized spacial score (nSPS) is 24.4. The second kappa shape index (κ2) is 7.07. The van der Waals surface area contributed by atoms with Gasteiger partial charge in [-0.2, -0.15) is 0 Å². The lowest BCUT2D eigenvalue weighted by molar-refractivity contribution is -0.118. The lowest BCUT2D eigenvalue weighted by atomic mass is 9.98. The summed E-state index contributed by atoms with van der Waals surface area (Å²) in [5, 5.41) is 10.3. The number of benzene rings is 1. The number of phenols is 1. The molecule has 1 aliphatic heterocycles. The van der Waals surface area contributed by atoms with Crippen LogP contribution in [0.4, 0.5) is 0 Å². The van der Waals surface area contributed by atoms with Gasteiger partial charge in [-0.3, -0.25) is 4.79 Å². The average Bonchev–Trinajstić information content (AvgIpc) is 3.32. The van der Waals surface area contributed by atoms with Gasteiger partial charge >= 0.3 is 5.97 Å². The van der Waals surface area contributed by atoms with Gasteiger partial charge in [0.1, 0.15) is 29.5 Å². The number of carbonyl (C=O) groups is 2. The molecule has 0 amide bonds. The summed E-state index contributed by atoms with van der Waals surface area (Å²) in [5.41, 5.74) is 1.03. The third-order valence-corrected chi connectivity index (χ3v) is 4.74. The van der Waals surface area contributed by atoms with E-state index in [0.717, 1.165) is 24.8 Å². The van der Waals surface area contributed by atoms with Crippen LogP contribution in [0.3, 0.4) is 0 Å². The van der Waals surface area contributed by atoms with Crippen LogP contribution in [0.25, 0.3) is 0 Å². The third kappa shape index (κ3) is 3.61. The number of allylic oxidation sites excluding steroid dienone is 1. The second-order valence-corrected chi connectivity index (χ2v) is 6.42. The molecule has 1 aliphatic carbocycles. The number of carbonyl (C=O) groups excluding carboxylic acids is 2. The molecule has 0 aromatic heterocycles. The van der Waals surface area contributed by atoms with Crippen molar-refractivity contribution in [3.8, 4) is 11.5 Å². The Bertz CT molecular complexity index is 677. The van der Waals surface area contributed by atoms with Gasteiger partial charge in [0, 0.05) is 18.9 Å². The van der Waals surface area contributed by atoms with E-state index in [1.54, 1.807) is 12.2 Å². The van der Waals surface area contributed by atoms with Crippen molar-refractivity contribution in [3.63, 3.8) is 0 Å². The van der Waals surface area contributed by atoms with Crippen LogP contribution in [0.15, 0.2) is 24.3 Å². The highest BCUT2D eigenvalue weighted by atomic mass is 16.5. The summed E-state index contributed by atoms with van der Waals surface area (Å²) in [6.07, 6.45) is 7.14. The van der Waals surface area contributed by atoms with E-state index < -0.39 is 5.97 Å². The van der Waals surface area contributed by atoms with Gasteiger partial charge in [0.25, 0.3) is 0 Å². The summed E-state index contributed by atoms with van der Waals surface area (Å²) in [7, 11) is 1.53. The van der Waals surface area contributed by atoms with Gasteiger partial charge < -0.3 is 14.6 Å². The molecule has 0 saturated heterocycles. The van der Waals surface area contributed by atoms with Crippen LogP contribution in [0.5, 0.6) is 11.5 Å². The standard InChI is InChI=1S/C19H22O5/c1-23-14-10-16-15-9-12(15)5-4-7-13(20)6-2-3-8-24-19(22)18(16)17(21)11-14/h2-3,10-12,15,21H,4-9H2,1H3. The van der Waals surface area contributed by atoms with Crippen molar-refractivity contribution in [2.75, 3.05) is 13.7 Å². The Kier molecular flexibility index (Phi) is 4.88. The number of phenolic OH excluding ortho intramolecular Hbond substituents is 1. The molecular weight excluding hydrogens is 308 g/mol. The lowest BCUT2D eigenvalue weighted by Gasteiger charge is -2.13. The molecule has 1 aromatic rings. The van der Waals surface area contributed by atoms with Gasteiger partial charge in [-0.15, -0.1) is 0 Å². The third-order valence-electron chi connectivity index (χ3n) is 4.74. The first-order chi connectivity index (χ1) is 11.6. The first-order valence-corrected chi connectivity index (χ1v) is 8.35. The quantitative estimate of drug-likeness (QED) is 0.631. The molecule has 5 nitrogen and oxygen atoms in total. The zero-order chi connectivity index (χ0) is 17.1. The first-order valence-electron chi connectivity index (χ1n) is 8.35. The number of fused-ring (bicyclic) bond motifs is 3. The first kappa shape index (κ1) is 16.6. The molecule has 0 bridgehead atoms. The highest BCUT2D eigenvalue weighted by Crippen LogP contribution is 2.53. The van der Waals surface area contributed by atoms with Crippen molar-refractivity contribution in [1.82, 2.24) is 0 Å². The molecule has 1 N–H and O–H groups in total.